The van der Waals surface area contributed by atoms with Gasteiger partial charge in [0.1, 0.15) is 0 Å². The third-order valence-corrected chi connectivity index (χ3v) is 3.76. The Labute approximate surface area is 117 Å². The van der Waals surface area contributed by atoms with E-state index in [9.17, 15) is 4.79 Å². The van der Waals surface area contributed by atoms with Crippen molar-refractivity contribution in [3.8, 4) is 0 Å². The van der Waals surface area contributed by atoms with E-state index >= 15 is 0 Å². The Kier molecular flexibility index (Phi) is 3.26. The first-order valence-corrected chi connectivity index (χ1v) is 6.76. The maximum atomic E-state index is 11.8. The van der Waals surface area contributed by atoms with E-state index in [0.717, 1.165) is 28.3 Å². The van der Waals surface area contributed by atoms with Crippen molar-refractivity contribution in [1.29, 1.82) is 0 Å². The number of carbonyl (C=O) groups is 1. The lowest BCUT2D eigenvalue weighted by atomic mass is 9.87. The minimum absolute atomic E-state index is 0.0805. The summed E-state index contributed by atoms with van der Waals surface area (Å²) in [5.41, 5.74) is 3.24. The lowest BCUT2D eigenvalue weighted by Gasteiger charge is -2.17. The van der Waals surface area contributed by atoms with Gasteiger partial charge in [-0.1, -0.05) is 41.9 Å². The molecule has 3 heteroatoms. The second-order valence-corrected chi connectivity index (χ2v) is 5.22. The average molecular weight is 272 g/mol. The molecule has 3 rings (SSSR count). The first-order chi connectivity index (χ1) is 9.24. The summed E-state index contributed by atoms with van der Waals surface area (Å²) in [5, 5.41) is 3.70. The Morgan fingerprint density at radius 3 is 2.79 bits per heavy atom. The first-order valence-electron chi connectivity index (χ1n) is 6.38. The zero-order valence-corrected chi connectivity index (χ0v) is 11.2. The lowest BCUT2D eigenvalue weighted by Crippen LogP contribution is -2.08. The van der Waals surface area contributed by atoms with Crippen LogP contribution in [0.2, 0.25) is 5.02 Å². The number of amides is 1. The van der Waals surface area contributed by atoms with Crippen molar-refractivity contribution in [2.24, 2.45) is 0 Å². The molecule has 0 aliphatic carbocycles. The number of carbonyl (C=O) groups excluding carboxylic acids is 1. The Bertz CT molecular complexity index is 624. The molecule has 0 bridgehead atoms. The molecule has 0 saturated carbocycles. The maximum absolute atomic E-state index is 11.8. The first kappa shape index (κ1) is 12.2. The molecule has 1 amide bonds. The highest BCUT2D eigenvalue weighted by atomic mass is 35.5. The van der Waals surface area contributed by atoms with Crippen molar-refractivity contribution < 1.29 is 4.79 Å². The zero-order valence-electron chi connectivity index (χ0n) is 10.4. The molecule has 96 valence electrons. The number of hydrogen-bond donors (Lipinski definition) is 1. The molecule has 1 atom stereocenters. The second-order valence-electron chi connectivity index (χ2n) is 4.78. The third kappa shape index (κ3) is 2.49. The quantitative estimate of drug-likeness (QED) is 0.827. The fourth-order valence-corrected chi connectivity index (χ4v) is 2.83. The van der Waals surface area contributed by atoms with Crippen LogP contribution >= 0.6 is 11.6 Å². The summed E-state index contributed by atoms with van der Waals surface area (Å²) in [4.78, 5) is 11.8. The van der Waals surface area contributed by atoms with E-state index < -0.39 is 0 Å². The van der Waals surface area contributed by atoms with Crippen LogP contribution in [0.4, 0.5) is 5.69 Å². The highest BCUT2D eigenvalue weighted by Crippen LogP contribution is 2.36. The molecule has 1 aliphatic rings. The maximum Gasteiger partial charge on any atom is 0.224 e. The Morgan fingerprint density at radius 2 is 1.95 bits per heavy atom. The predicted octanol–water partition coefficient (Wildman–Crippen LogP) is 4.20. The molecule has 1 aliphatic heterocycles. The van der Waals surface area contributed by atoms with E-state index in [1.807, 2.05) is 36.4 Å². The SMILES string of the molecule is O=C1CC[C@H](c2cccc(Cl)c2)c2ccccc2N1. The standard InChI is InChI=1S/C16H14ClNO/c17-12-5-3-4-11(10-12)13-8-9-16(19)18-15-7-2-1-6-14(13)15/h1-7,10,13H,8-9H2,(H,18,19)/t13-/m1/s1. The number of fused-ring (bicyclic) bond motifs is 1. The zero-order chi connectivity index (χ0) is 13.2. The summed E-state index contributed by atoms with van der Waals surface area (Å²) < 4.78 is 0. The van der Waals surface area contributed by atoms with Gasteiger partial charge in [-0.2, -0.15) is 0 Å². The van der Waals surface area contributed by atoms with Crippen LogP contribution < -0.4 is 5.32 Å². The van der Waals surface area contributed by atoms with Gasteiger partial charge in [-0.3, -0.25) is 4.79 Å². The fraction of sp³-hybridized carbons (Fsp3) is 0.188. The van der Waals surface area contributed by atoms with E-state index in [1.165, 1.54) is 0 Å². The fourth-order valence-electron chi connectivity index (χ4n) is 2.63. The molecule has 0 spiro atoms. The van der Waals surface area contributed by atoms with E-state index in [1.54, 1.807) is 0 Å². The third-order valence-electron chi connectivity index (χ3n) is 3.52. The molecule has 1 N–H and O–H groups in total. The summed E-state index contributed by atoms with van der Waals surface area (Å²) in [7, 11) is 0. The molecule has 0 aromatic heterocycles. The van der Waals surface area contributed by atoms with Crippen molar-refractivity contribution in [1.82, 2.24) is 0 Å². The Balaban J connectivity index is 2.09. The van der Waals surface area contributed by atoms with Crippen LogP contribution in [0.5, 0.6) is 0 Å². The van der Waals surface area contributed by atoms with Gasteiger partial charge in [-0.25, -0.2) is 0 Å². The molecule has 1 heterocycles. The van der Waals surface area contributed by atoms with Crippen molar-refractivity contribution in [2.45, 2.75) is 18.8 Å². The van der Waals surface area contributed by atoms with Crippen LogP contribution in [0.15, 0.2) is 48.5 Å². The van der Waals surface area contributed by atoms with Gasteiger partial charge in [0.15, 0.2) is 0 Å². The van der Waals surface area contributed by atoms with Gasteiger partial charge in [-0.15, -0.1) is 0 Å². The number of hydrogen-bond acceptors (Lipinski definition) is 1. The summed E-state index contributed by atoms with van der Waals surface area (Å²) in [5.74, 6) is 0.297. The van der Waals surface area contributed by atoms with Gasteiger partial charge in [0.05, 0.1) is 0 Å². The van der Waals surface area contributed by atoms with Crippen LogP contribution in [0.25, 0.3) is 0 Å². The molecule has 0 fully saturated rings. The topological polar surface area (TPSA) is 29.1 Å². The van der Waals surface area contributed by atoms with Gasteiger partial charge in [0, 0.05) is 23.0 Å². The van der Waals surface area contributed by atoms with Gasteiger partial charge in [0.25, 0.3) is 0 Å². The molecule has 0 radical (unpaired) electrons. The highest BCUT2D eigenvalue weighted by Gasteiger charge is 2.23. The van der Waals surface area contributed by atoms with E-state index in [2.05, 4.69) is 17.4 Å². The van der Waals surface area contributed by atoms with Crippen LogP contribution in [-0.2, 0) is 4.79 Å². The summed E-state index contributed by atoms with van der Waals surface area (Å²) >= 11 is 6.08. The average Bonchev–Trinajstić information content (AvgIpc) is 2.57. The number of halogens is 1. The molecule has 2 aromatic carbocycles. The number of nitrogens with one attached hydrogen (secondary N) is 1. The number of rotatable bonds is 1. The monoisotopic (exact) mass is 271 g/mol. The van der Waals surface area contributed by atoms with Crippen LogP contribution in [0.3, 0.4) is 0 Å². The van der Waals surface area contributed by atoms with Gasteiger partial charge in [0.2, 0.25) is 5.91 Å². The van der Waals surface area contributed by atoms with E-state index in [4.69, 9.17) is 11.6 Å². The largest absolute Gasteiger partial charge is 0.326 e. The summed E-state index contributed by atoms with van der Waals surface area (Å²) in [6.45, 7) is 0. The second kappa shape index (κ2) is 5.06. The Morgan fingerprint density at radius 1 is 1.11 bits per heavy atom. The summed E-state index contributed by atoms with van der Waals surface area (Å²) in [6, 6.07) is 15.9. The van der Waals surface area contributed by atoms with Gasteiger partial charge >= 0.3 is 0 Å². The molecular weight excluding hydrogens is 258 g/mol. The molecule has 2 nitrogen and oxygen atoms in total. The number of anilines is 1. The smallest absolute Gasteiger partial charge is 0.224 e. The molecule has 2 aromatic rings. The van der Waals surface area contributed by atoms with Crippen molar-refractivity contribution >= 4 is 23.2 Å². The van der Waals surface area contributed by atoms with Crippen LogP contribution in [0.1, 0.15) is 29.9 Å². The lowest BCUT2D eigenvalue weighted by molar-refractivity contribution is -0.116. The molecule has 0 unspecified atom stereocenters. The predicted molar refractivity (Wildman–Crippen MR) is 77.6 cm³/mol. The number of para-hydroxylation sites is 1. The minimum atomic E-state index is 0.0805. The van der Waals surface area contributed by atoms with Crippen molar-refractivity contribution in [3.05, 3.63) is 64.7 Å². The van der Waals surface area contributed by atoms with Gasteiger partial charge in [-0.05, 0) is 35.7 Å². The summed E-state index contributed by atoms with van der Waals surface area (Å²) in [6.07, 6.45) is 1.34. The normalized spacial score (nSPS) is 18.4. The number of benzene rings is 2. The van der Waals surface area contributed by atoms with Crippen molar-refractivity contribution in [2.75, 3.05) is 5.32 Å². The van der Waals surface area contributed by atoms with Crippen LogP contribution in [-0.4, -0.2) is 5.91 Å². The van der Waals surface area contributed by atoms with Crippen LogP contribution in [0, 0.1) is 0 Å². The van der Waals surface area contributed by atoms with E-state index in [-0.39, 0.29) is 11.8 Å². The Hall–Kier alpha value is -1.80. The van der Waals surface area contributed by atoms with E-state index in [0.29, 0.717) is 6.42 Å². The minimum Gasteiger partial charge on any atom is -0.326 e. The van der Waals surface area contributed by atoms with Crippen molar-refractivity contribution in [3.63, 3.8) is 0 Å². The molecule has 0 saturated heterocycles. The molecular formula is C16H14ClNO. The highest BCUT2D eigenvalue weighted by molar-refractivity contribution is 6.30. The van der Waals surface area contributed by atoms with Gasteiger partial charge < -0.3 is 5.32 Å². The molecule has 19 heavy (non-hydrogen) atoms.